The number of imide groups is 1. The van der Waals surface area contributed by atoms with Gasteiger partial charge in [0.25, 0.3) is 11.8 Å². The van der Waals surface area contributed by atoms with Crippen LogP contribution < -0.4 is 32.3 Å². The molecule has 0 saturated carbocycles. The highest BCUT2D eigenvalue weighted by Crippen LogP contribution is 2.09. The van der Waals surface area contributed by atoms with E-state index in [1.54, 1.807) is 13.8 Å². The molecular weight excluding hydrogens is 533 g/mol. The van der Waals surface area contributed by atoms with Crippen LogP contribution in [0.2, 0.25) is 6.32 Å². The van der Waals surface area contributed by atoms with Crippen molar-refractivity contribution in [3.63, 3.8) is 0 Å². The minimum absolute atomic E-state index is 0.0547. The van der Waals surface area contributed by atoms with Gasteiger partial charge in [0.2, 0.25) is 23.6 Å². The van der Waals surface area contributed by atoms with Crippen LogP contribution in [0.5, 0.6) is 0 Å². The first-order valence-electron chi connectivity index (χ1n) is 14.1. The summed E-state index contributed by atoms with van der Waals surface area (Å²) in [7, 11) is 1.92. The third kappa shape index (κ3) is 13.8. The van der Waals surface area contributed by atoms with Crippen LogP contribution in [0.1, 0.15) is 59.3 Å². The summed E-state index contributed by atoms with van der Waals surface area (Å²) in [6.07, 6.45) is 5.46. The highest BCUT2D eigenvalue weighted by atomic mass is 16.2. The normalized spacial score (nSPS) is 14.8. The number of urea groups is 1. The van der Waals surface area contributed by atoms with Gasteiger partial charge in [-0.2, -0.15) is 0 Å². The van der Waals surface area contributed by atoms with Gasteiger partial charge >= 0.3 is 6.03 Å². The van der Waals surface area contributed by atoms with Crippen molar-refractivity contribution >= 4 is 49.3 Å². The Labute approximate surface area is 241 Å². The van der Waals surface area contributed by atoms with Gasteiger partial charge in [0.15, 0.2) is 0 Å². The zero-order valence-corrected chi connectivity index (χ0v) is 24.4. The summed E-state index contributed by atoms with van der Waals surface area (Å²) in [5.41, 5.74) is 5.08. The highest BCUT2D eigenvalue weighted by Gasteiger charge is 2.29. The van der Waals surface area contributed by atoms with Crippen molar-refractivity contribution in [2.75, 3.05) is 19.6 Å². The molecule has 0 bridgehead atoms. The van der Waals surface area contributed by atoms with E-state index >= 15 is 0 Å². The van der Waals surface area contributed by atoms with Crippen LogP contribution in [0, 0.1) is 5.92 Å². The number of primary amides is 1. The molecule has 0 fully saturated rings. The third-order valence-electron chi connectivity index (χ3n) is 6.50. The molecule has 14 nitrogen and oxygen atoms in total. The molecule has 0 saturated heterocycles. The molecule has 1 aliphatic rings. The fraction of sp³-hybridized carbons (Fsp3) is 0.654. The highest BCUT2D eigenvalue weighted by molar-refractivity contribution is 6.12. The van der Waals surface area contributed by atoms with Crippen LogP contribution in [0.25, 0.3) is 0 Å². The van der Waals surface area contributed by atoms with Gasteiger partial charge in [0.1, 0.15) is 19.9 Å². The van der Waals surface area contributed by atoms with Crippen molar-refractivity contribution in [2.45, 2.75) is 83.7 Å². The number of carbonyl (C=O) groups is 7. The second-order valence-electron chi connectivity index (χ2n) is 10.4. The van der Waals surface area contributed by atoms with E-state index in [1.807, 2.05) is 14.8 Å². The molecule has 228 valence electrons. The lowest BCUT2D eigenvalue weighted by atomic mass is 9.99. The molecule has 7 N–H and O–H groups in total. The minimum atomic E-state index is -1.02. The first-order valence-corrected chi connectivity index (χ1v) is 14.1. The predicted octanol–water partition coefficient (Wildman–Crippen LogP) is -1.78. The fourth-order valence-corrected chi connectivity index (χ4v) is 3.93. The maximum Gasteiger partial charge on any atom is 0.312 e. The largest absolute Gasteiger partial charge is 0.353 e. The Kier molecular flexibility index (Phi) is 15.8. The Balaban J connectivity index is 2.65. The average Bonchev–Trinajstić information content (AvgIpc) is 3.23. The monoisotopic (exact) mass is 577 g/mol. The van der Waals surface area contributed by atoms with Gasteiger partial charge in [-0.05, 0) is 38.5 Å². The molecule has 0 aromatic carbocycles. The number of hydrogen-bond acceptors (Lipinski definition) is 7. The maximum absolute atomic E-state index is 13.1. The SMILES string of the molecule is BC[C@@H](C)NC(=O)CNC(=O)[C@H](CCCNC(N)=O)NC(=O)[C@@H](NC(=O)CCCCCN1C(=O)C=CC1=O)C(C)C. The van der Waals surface area contributed by atoms with E-state index in [-0.39, 0.29) is 68.1 Å². The number of unbranched alkanes of at least 4 members (excludes halogenated alkanes) is 2. The van der Waals surface area contributed by atoms with Crippen LogP contribution in [0.15, 0.2) is 12.2 Å². The first-order chi connectivity index (χ1) is 19.3. The number of rotatable bonds is 19. The van der Waals surface area contributed by atoms with Crippen molar-refractivity contribution in [1.82, 2.24) is 31.5 Å². The molecule has 0 radical (unpaired) electrons. The standard InChI is InChI=1S/C26H44BN7O7/c1-16(2)23(33-19(35)9-5-4-6-13-34-21(37)10-11-22(34)38)25(40)32-18(8-7-12-29-26(28)41)24(39)30-15-20(36)31-17(3)14-27/h10-11,16-18,23H,4-9,12-15,27H2,1-3H3,(H,30,39)(H,31,36)(H,32,40)(H,33,35)(H3,28,29,41)/t17-,18+,23+/m1/s1. The second-order valence-corrected chi connectivity index (χ2v) is 10.4. The number of nitrogens with two attached hydrogens (primary N) is 1. The van der Waals surface area contributed by atoms with Crippen molar-refractivity contribution in [1.29, 1.82) is 0 Å². The van der Waals surface area contributed by atoms with Crippen molar-refractivity contribution < 1.29 is 33.6 Å². The Hall–Kier alpha value is -3.91. The molecule has 1 aliphatic heterocycles. The molecule has 41 heavy (non-hydrogen) atoms. The summed E-state index contributed by atoms with van der Waals surface area (Å²) in [6.45, 7) is 5.55. The summed E-state index contributed by atoms with van der Waals surface area (Å²) >= 11 is 0. The zero-order chi connectivity index (χ0) is 30.9. The van der Waals surface area contributed by atoms with Gasteiger partial charge in [-0.15, -0.1) is 0 Å². The zero-order valence-electron chi connectivity index (χ0n) is 24.4. The maximum atomic E-state index is 13.1. The van der Waals surface area contributed by atoms with Crippen LogP contribution in [-0.2, 0) is 28.8 Å². The number of hydrogen-bond donors (Lipinski definition) is 6. The summed E-state index contributed by atoms with van der Waals surface area (Å²) in [5, 5.41) is 13.1. The van der Waals surface area contributed by atoms with E-state index < -0.39 is 29.9 Å². The smallest absolute Gasteiger partial charge is 0.312 e. The summed E-state index contributed by atoms with van der Waals surface area (Å²) in [5.74, 6) is -2.82. The van der Waals surface area contributed by atoms with E-state index in [1.165, 1.54) is 12.2 Å². The third-order valence-corrected chi connectivity index (χ3v) is 6.50. The number of carbonyl (C=O) groups excluding carboxylic acids is 7. The molecule has 1 heterocycles. The Bertz CT molecular complexity index is 971. The van der Waals surface area contributed by atoms with Crippen LogP contribution in [0.4, 0.5) is 4.79 Å². The molecular formula is C26H44BN7O7. The first kappa shape index (κ1) is 35.1. The van der Waals surface area contributed by atoms with E-state index in [0.29, 0.717) is 25.7 Å². The fourth-order valence-electron chi connectivity index (χ4n) is 3.93. The lowest BCUT2D eigenvalue weighted by Crippen LogP contribution is -2.56. The lowest BCUT2D eigenvalue weighted by molar-refractivity contribution is -0.137. The van der Waals surface area contributed by atoms with Crippen LogP contribution in [0.3, 0.4) is 0 Å². The molecule has 0 aromatic heterocycles. The molecule has 0 aromatic rings. The molecule has 3 atom stereocenters. The van der Waals surface area contributed by atoms with Crippen molar-refractivity contribution in [3.05, 3.63) is 12.2 Å². The second kappa shape index (κ2) is 18.4. The van der Waals surface area contributed by atoms with Gasteiger partial charge in [0, 0.05) is 37.7 Å². The van der Waals surface area contributed by atoms with Gasteiger partial charge in [-0.3, -0.25) is 33.7 Å². The summed E-state index contributed by atoms with van der Waals surface area (Å²) < 4.78 is 0. The summed E-state index contributed by atoms with van der Waals surface area (Å²) in [6, 6.07) is -2.70. The van der Waals surface area contributed by atoms with E-state index in [4.69, 9.17) is 5.73 Å². The van der Waals surface area contributed by atoms with Gasteiger partial charge in [0.05, 0.1) is 6.54 Å². The molecule has 8 amide bonds. The Morgan fingerprint density at radius 1 is 0.854 bits per heavy atom. The topological polar surface area (TPSA) is 209 Å². The molecule has 0 spiro atoms. The van der Waals surface area contributed by atoms with E-state index in [9.17, 15) is 33.6 Å². The van der Waals surface area contributed by atoms with Crippen LogP contribution >= 0.6 is 0 Å². The molecule has 1 rings (SSSR count). The van der Waals surface area contributed by atoms with E-state index in [2.05, 4.69) is 26.6 Å². The quantitative estimate of drug-likeness (QED) is 0.0590. The van der Waals surface area contributed by atoms with E-state index in [0.717, 1.165) is 11.2 Å². The van der Waals surface area contributed by atoms with Gasteiger partial charge in [-0.25, -0.2) is 4.79 Å². The molecule has 0 aliphatic carbocycles. The number of nitrogens with one attached hydrogen (secondary N) is 5. The van der Waals surface area contributed by atoms with Crippen LogP contribution in [-0.4, -0.2) is 92.0 Å². The minimum Gasteiger partial charge on any atom is -0.353 e. The van der Waals surface area contributed by atoms with Gasteiger partial charge < -0.3 is 32.3 Å². The Morgan fingerprint density at radius 3 is 2.10 bits per heavy atom. The molecule has 0 unspecified atom stereocenters. The van der Waals surface area contributed by atoms with Crippen molar-refractivity contribution in [2.24, 2.45) is 11.7 Å². The number of nitrogens with zero attached hydrogens (tertiary/aromatic N) is 1. The van der Waals surface area contributed by atoms with Crippen molar-refractivity contribution in [3.8, 4) is 0 Å². The lowest BCUT2D eigenvalue weighted by Gasteiger charge is -2.25. The average molecular weight is 577 g/mol. The molecule has 15 heteroatoms. The Morgan fingerprint density at radius 2 is 1.51 bits per heavy atom. The number of amides is 8. The predicted molar refractivity (Wildman–Crippen MR) is 154 cm³/mol. The summed E-state index contributed by atoms with van der Waals surface area (Å²) in [4.78, 5) is 85.9. The van der Waals surface area contributed by atoms with Gasteiger partial charge in [-0.1, -0.05) is 26.6 Å².